The number of hydrogen-bond donors (Lipinski definition) is 0. The summed E-state index contributed by atoms with van der Waals surface area (Å²) < 4.78 is 11.9. The number of likely N-dealkylation sites (tertiary alicyclic amines) is 1. The first kappa shape index (κ1) is 19.9. The average Bonchev–Trinajstić information content (AvgIpc) is 2.74. The maximum atomic E-state index is 13.0. The van der Waals surface area contributed by atoms with Gasteiger partial charge in [-0.3, -0.25) is 4.79 Å². The molecule has 2 heterocycles. The normalized spacial score (nSPS) is 16.2. The van der Waals surface area contributed by atoms with Crippen molar-refractivity contribution in [2.24, 2.45) is 0 Å². The van der Waals surface area contributed by atoms with Crippen LogP contribution in [0.25, 0.3) is 0 Å². The lowest BCUT2D eigenvalue weighted by molar-refractivity contribution is 0.0527. The number of aryl methyl sites for hydroxylation is 2. The van der Waals surface area contributed by atoms with Crippen molar-refractivity contribution in [1.82, 2.24) is 14.9 Å². The van der Waals surface area contributed by atoms with Crippen LogP contribution >= 0.6 is 0 Å². The van der Waals surface area contributed by atoms with Gasteiger partial charge in [-0.2, -0.15) is 4.98 Å². The summed E-state index contributed by atoms with van der Waals surface area (Å²) >= 11 is 0. The molecule has 0 spiro atoms. The highest BCUT2D eigenvalue weighted by atomic mass is 16.5. The van der Waals surface area contributed by atoms with E-state index in [2.05, 4.69) is 9.97 Å². The number of carbonyl (C=O) groups excluding carboxylic acids is 1. The van der Waals surface area contributed by atoms with Gasteiger partial charge in [0.15, 0.2) is 0 Å². The second kappa shape index (κ2) is 8.95. The lowest BCUT2D eigenvalue weighted by atomic mass is 10.1. The quantitative estimate of drug-likeness (QED) is 0.624. The van der Waals surface area contributed by atoms with Crippen LogP contribution in [0, 0.1) is 13.8 Å². The first-order valence-corrected chi connectivity index (χ1v) is 10.2. The van der Waals surface area contributed by atoms with Crippen molar-refractivity contribution < 1.29 is 14.3 Å². The van der Waals surface area contributed by atoms with E-state index >= 15 is 0 Å². The Bertz CT molecular complexity index is 986. The molecule has 1 amide bonds. The topological polar surface area (TPSA) is 64.5 Å². The van der Waals surface area contributed by atoms with Gasteiger partial charge in [0, 0.05) is 23.9 Å². The van der Waals surface area contributed by atoms with E-state index in [-0.39, 0.29) is 12.0 Å². The van der Waals surface area contributed by atoms with Gasteiger partial charge >= 0.3 is 0 Å². The van der Waals surface area contributed by atoms with E-state index < -0.39 is 0 Å². The van der Waals surface area contributed by atoms with Crippen LogP contribution in [-0.4, -0.2) is 40.0 Å². The van der Waals surface area contributed by atoms with Crippen LogP contribution < -0.4 is 9.47 Å². The molecule has 0 saturated carbocycles. The van der Waals surface area contributed by atoms with Crippen LogP contribution in [-0.2, 0) is 0 Å². The van der Waals surface area contributed by atoms with Gasteiger partial charge in [-0.05, 0) is 63.1 Å². The average molecular weight is 403 g/mol. The van der Waals surface area contributed by atoms with Gasteiger partial charge in [-0.15, -0.1) is 0 Å². The predicted molar refractivity (Wildman–Crippen MR) is 114 cm³/mol. The number of nitrogens with zero attached hydrogens (tertiary/aromatic N) is 3. The van der Waals surface area contributed by atoms with Gasteiger partial charge in [0.05, 0.1) is 6.54 Å². The summed E-state index contributed by atoms with van der Waals surface area (Å²) in [5.41, 5.74) is 1.52. The molecule has 6 heteroatoms. The smallest absolute Gasteiger partial charge is 0.253 e. The Hall–Kier alpha value is -3.41. The third-order valence-corrected chi connectivity index (χ3v) is 4.98. The highest BCUT2D eigenvalue weighted by Crippen LogP contribution is 2.23. The highest BCUT2D eigenvalue weighted by molar-refractivity contribution is 5.94. The number of rotatable bonds is 5. The molecule has 0 aliphatic carbocycles. The van der Waals surface area contributed by atoms with Crippen LogP contribution in [0.15, 0.2) is 60.7 Å². The first-order valence-electron chi connectivity index (χ1n) is 10.2. The Morgan fingerprint density at radius 3 is 2.47 bits per heavy atom. The van der Waals surface area contributed by atoms with Crippen molar-refractivity contribution in [2.45, 2.75) is 32.8 Å². The molecule has 0 N–H and O–H groups in total. The van der Waals surface area contributed by atoms with E-state index in [4.69, 9.17) is 9.47 Å². The third-order valence-electron chi connectivity index (χ3n) is 4.98. The molecule has 1 unspecified atom stereocenters. The maximum Gasteiger partial charge on any atom is 0.253 e. The van der Waals surface area contributed by atoms with E-state index in [1.807, 2.05) is 79.4 Å². The number of amides is 1. The van der Waals surface area contributed by atoms with Gasteiger partial charge in [-0.1, -0.05) is 18.2 Å². The molecule has 1 aliphatic heterocycles. The van der Waals surface area contributed by atoms with Gasteiger partial charge in [0.25, 0.3) is 5.91 Å². The molecule has 1 saturated heterocycles. The molecule has 2 aromatic carbocycles. The van der Waals surface area contributed by atoms with Crippen molar-refractivity contribution in [2.75, 3.05) is 13.1 Å². The van der Waals surface area contributed by atoms with Gasteiger partial charge < -0.3 is 14.4 Å². The Labute approximate surface area is 176 Å². The van der Waals surface area contributed by atoms with Crippen molar-refractivity contribution in [3.63, 3.8) is 0 Å². The summed E-state index contributed by atoms with van der Waals surface area (Å²) in [6, 6.07) is 18.7. The summed E-state index contributed by atoms with van der Waals surface area (Å²) in [5, 5.41) is 0. The van der Waals surface area contributed by atoms with Gasteiger partial charge in [-0.25, -0.2) is 4.98 Å². The van der Waals surface area contributed by atoms with Crippen LogP contribution in [0.1, 0.15) is 34.7 Å². The number of piperidine rings is 1. The number of ether oxygens (including phenoxy) is 2. The van der Waals surface area contributed by atoms with E-state index in [1.54, 1.807) is 0 Å². The van der Waals surface area contributed by atoms with Crippen molar-refractivity contribution in [3.05, 3.63) is 77.7 Å². The van der Waals surface area contributed by atoms with Crippen molar-refractivity contribution in [3.8, 4) is 17.4 Å². The molecule has 1 aliphatic rings. The number of hydrogen-bond acceptors (Lipinski definition) is 5. The standard InChI is InChI=1S/C24H25N3O3/c1-17-15-23(26-18(2)25-17)30-22-9-6-14-27(16-22)24(28)19-10-12-21(13-11-19)29-20-7-4-3-5-8-20/h3-5,7-8,10-13,15,22H,6,9,14,16H2,1-2H3. The fourth-order valence-electron chi connectivity index (χ4n) is 3.61. The largest absolute Gasteiger partial charge is 0.472 e. The Kier molecular flexibility index (Phi) is 5.93. The minimum Gasteiger partial charge on any atom is -0.472 e. The molecule has 4 rings (SSSR count). The van der Waals surface area contributed by atoms with Crippen molar-refractivity contribution in [1.29, 1.82) is 0 Å². The van der Waals surface area contributed by atoms with Gasteiger partial charge in [0.2, 0.25) is 5.88 Å². The molecule has 154 valence electrons. The maximum absolute atomic E-state index is 13.0. The summed E-state index contributed by atoms with van der Waals surface area (Å²) in [6.45, 7) is 5.04. The molecule has 30 heavy (non-hydrogen) atoms. The molecule has 0 radical (unpaired) electrons. The molecule has 6 nitrogen and oxygen atoms in total. The molecule has 1 aromatic heterocycles. The SMILES string of the molecule is Cc1cc(OC2CCCN(C(=O)c3ccc(Oc4ccccc4)cc3)C2)nc(C)n1. The van der Waals surface area contributed by atoms with E-state index in [0.29, 0.717) is 29.6 Å². The minimum atomic E-state index is -0.0721. The Morgan fingerprint density at radius 2 is 1.73 bits per heavy atom. The van der Waals surface area contributed by atoms with Crippen LogP contribution in [0.5, 0.6) is 17.4 Å². The molecular weight excluding hydrogens is 378 g/mol. The fourth-order valence-corrected chi connectivity index (χ4v) is 3.61. The summed E-state index contributed by atoms with van der Waals surface area (Å²) in [5.74, 6) is 2.73. The zero-order valence-corrected chi connectivity index (χ0v) is 17.2. The zero-order chi connectivity index (χ0) is 20.9. The highest BCUT2D eigenvalue weighted by Gasteiger charge is 2.26. The zero-order valence-electron chi connectivity index (χ0n) is 17.2. The lowest BCUT2D eigenvalue weighted by Gasteiger charge is -2.32. The molecular formula is C24H25N3O3. The molecule has 1 atom stereocenters. The minimum absolute atomic E-state index is 0.00427. The number of benzene rings is 2. The van der Waals surface area contributed by atoms with Crippen LogP contribution in [0.4, 0.5) is 0 Å². The lowest BCUT2D eigenvalue weighted by Crippen LogP contribution is -2.44. The molecule has 1 fully saturated rings. The molecule has 3 aromatic rings. The number of carbonyl (C=O) groups is 1. The summed E-state index contributed by atoms with van der Waals surface area (Å²) in [6.07, 6.45) is 1.72. The molecule has 0 bridgehead atoms. The third kappa shape index (κ3) is 4.95. The van der Waals surface area contributed by atoms with Crippen LogP contribution in [0.3, 0.4) is 0 Å². The number of para-hydroxylation sites is 1. The predicted octanol–water partition coefficient (Wildman–Crippen LogP) is 4.57. The Balaban J connectivity index is 1.39. The number of aromatic nitrogens is 2. The summed E-state index contributed by atoms with van der Waals surface area (Å²) in [4.78, 5) is 23.5. The van der Waals surface area contributed by atoms with Gasteiger partial charge in [0.1, 0.15) is 23.4 Å². The second-order valence-electron chi connectivity index (χ2n) is 7.47. The van der Waals surface area contributed by atoms with E-state index in [1.165, 1.54) is 0 Å². The van der Waals surface area contributed by atoms with Crippen LogP contribution in [0.2, 0.25) is 0 Å². The van der Waals surface area contributed by atoms with E-state index in [9.17, 15) is 4.79 Å². The first-order chi connectivity index (χ1) is 14.6. The monoisotopic (exact) mass is 403 g/mol. The fraction of sp³-hybridized carbons (Fsp3) is 0.292. The Morgan fingerprint density at radius 1 is 1.00 bits per heavy atom. The van der Waals surface area contributed by atoms with Crippen molar-refractivity contribution >= 4 is 5.91 Å². The summed E-state index contributed by atoms with van der Waals surface area (Å²) in [7, 11) is 0. The van der Waals surface area contributed by atoms with E-state index in [0.717, 1.165) is 30.8 Å². The second-order valence-corrected chi connectivity index (χ2v) is 7.47.